The Kier molecular flexibility index (Phi) is 7.06. The molecule has 0 aromatic heterocycles. The number of hydrogen-bond acceptors (Lipinski definition) is 3. The van der Waals surface area contributed by atoms with E-state index in [1.807, 2.05) is 13.8 Å². The van der Waals surface area contributed by atoms with Crippen molar-refractivity contribution in [3.63, 3.8) is 0 Å². The molecule has 0 aliphatic rings. The predicted octanol–water partition coefficient (Wildman–Crippen LogP) is 2.21. The van der Waals surface area contributed by atoms with Crippen molar-refractivity contribution >= 4 is 19.8 Å². The lowest BCUT2D eigenvalue weighted by Crippen LogP contribution is -1.79. The molecule has 0 saturated heterocycles. The van der Waals surface area contributed by atoms with Crippen molar-refractivity contribution in [2.24, 2.45) is 0 Å². The Morgan fingerprint density at radius 2 is 2.22 bits per heavy atom. The third kappa shape index (κ3) is 6.42. The van der Waals surface area contributed by atoms with Crippen LogP contribution in [0.5, 0.6) is 0 Å². The third-order valence-electron chi connectivity index (χ3n) is 0.729. The zero-order valence-corrected chi connectivity index (χ0v) is 7.66. The van der Waals surface area contributed by atoms with Crippen LogP contribution in [0.25, 0.3) is 0 Å². The second-order valence-corrected chi connectivity index (χ2v) is 4.62. The molecule has 0 spiro atoms. The van der Waals surface area contributed by atoms with Crippen molar-refractivity contribution in [1.29, 1.82) is 0 Å². The fraction of sp³-hybridized carbons (Fsp3) is 1.00. The van der Waals surface area contributed by atoms with Crippen LogP contribution in [0, 0.1) is 0 Å². The Hall–Kier alpha value is 0.540. The lowest BCUT2D eigenvalue weighted by atomic mass is 10.9. The summed E-state index contributed by atoms with van der Waals surface area (Å²) >= 11 is 1.66. The standard InChI is InChI=1S/C5H13O2PS/c1-3-7-8(6)5-9-4-2/h8H,3-5H2,1-2H3. The molecule has 9 heavy (non-hydrogen) atoms. The minimum atomic E-state index is -1.69. The van der Waals surface area contributed by atoms with Crippen LogP contribution in [0.4, 0.5) is 0 Å². The molecule has 1 atom stereocenters. The molecule has 0 heterocycles. The maximum atomic E-state index is 10.7. The normalized spacial score (nSPS) is 13.6. The van der Waals surface area contributed by atoms with Gasteiger partial charge in [-0.2, -0.15) is 11.8 Å². The van der Waals surface area contributed by atoms with E-state index < -0.39 is 8.03 Å². The van der Waals surface area contributed by atoms with E-state index in [0.717, 1.165) is 5.75 Å². The highest BCUT2D eigenvalue weighted by Gasteiger charge is 1.94. The molecule has 0 aliphatic carbocycles. The SMILES string of the molecule is CCO[PH](=O)CSCC. The van der Waals surface area contributed by atoms with Crippen LogP contribution in [0.3, 0.4) is 0 Å². The van der Waals surface area contributed by atoms with Gasteiger partial charge in [0.25, 0.3) is 0 Å². The molecule has 0 rings (SSSR count). The maximum absolute atomic E-state index is 10.7. The van der Waals surface area contributed by atoms with Gasteiger partial charge in [0.2, 0.25) is 8.03 Å². The first kappa shape index (κ1) is 9.54. The van der Waals surface area contributed by atoms with Gasteiger partial charge in [0, 0.05) is 0 Å². The molecule has 0 aromatic carbocycles. The first-order valence-electron chi connectivity index (χ1n) is 3.04. The van der Waals surface area contributed by atoms with E-state index >= 15 is 0 Å². The topological polar surface area (TPSA) is 26.3 Å². The summed E-state index contributed by atoms with van der Waals surface area (Å²) in [7, 11) is -1.69. The highest BCUT2D eigenvalue weighted by molar-refractivity contribution is 8.03. The molecule has 0 amide bonds. The molecule has 1 unspecified atom stereocenters. The van der Waals surface area contributed by atoms with Crippen molar-refractivity contribution in [3.05, 3.63) is 0 Å². The predicted molar refractivity (Wildman–Crippen MR) is 43.6 cm³/mol. The van der Waals surface area contributed by atoms with Gasteiger partial charge in [0.05, 0.1) is 12.1 Å². The molecular formula is C5H13O2PS. The van der Waals surface area contributed by atoms with Crippen molar-refractivity contribution in [3.8, 4) is 0 Å². The summed E-state index contributed by atoms with van der Waals surface area (Å²) in [5.74, 6) is 1.02. The zero-order chi connectivity index (χ0) is 7.11. The maximum Gasteiger partial charge on any atom is 0.201 e. The zero-order valence-electron chi connectivity index (χ0n) is 5.85. The monoisotopic (exact) mass is 168 g/mol. The minimum Gasteiger partial charge on any atom is -0.330 e. The number of thioether (sulfide) groups is 1. The van der Waals surface area contributed by atoms with Crippen LogP contribution >= 0.6 is 19.8 Å². The third-order valence-corrected chi connectivity index (χ3v) is 3.51. The first-order valence-corrected chi connectivity index (χ1v) is 5.72. The molecule has 0 fully saturated rings. The molecule has 0 saturated carbocycles. The average molecular weight is 168 g/mol. The largest absolute Gasteiger partial charge is 0.330 e. The summed E-state index contributed by atoms with van der Waals surface area (Å²) in [6.07, 6.45) is 0. The van der Waals surface area contributed by atoms with Gasteiger partial charge in [0.15, 0.2) is 0 Å². The minimum absolute atomic E-state index is 0.571. The average Bonchev–Trinajstić information content (AvgIpc) is 1.85. The lowest BCUT2D eigenvalue weighted by molar-refractivity contribution is 0.353. The van der Waals surface area contributed by atoms with E-state index in [-0.39, 0.29) is 0 Å². The molecular weight excluding hydrogens is 155 g/mol. The van der Waals surface area contributed by atoms with Crippen molar-refractivity contribution < 1.29 is 9.09 Å². The highest BCUT2D eigenvalue weighted by atomic mass is 32.2. The number of rotatable bonds is 5. The second-order valence-electron chi connectivity index (χ2n) is 1.44. The smallest absolute Gasteiger partial charge is 0.201 e. The van der Waals surface area contributed by atoms with Crippen LogP contribution in [-0.2, 0) is 9.09 Å². The summed E-state index contributed by atoms with van der Waals surface area (Å²) in [6, 6.07) is 0. The van der Waals surface area contributed by atoms with Gasteiger partial charge < -0.3 is 4.52 Å². The van der Waals surface area contributed by atoms with Gasteiger partial charge in [-0.15, -0.1) is 0 Å². The van der Waals surface area contributed by atoms with E-state index in [9.17, 15) is 4.57 Å². The Balaban J connectivity index is 3.06. The van der Waals surface area contributed by atoms with E-state index in [0.29, 0.717) is 12.1 Å². The van der Waals surface area contributed by atoms with Crippen LogP contribution in [-0.4, -0.2) is 17.9 Å². The quantitative estimate of drug-likeness (QED) is 0.589. The molecule has 4 heteroatoms. The van der Waals surface area contributed by atoms with E-state index in [1.165, 1.54) is 0 Å². The second kappa shape index (κ2) is 6.66. The van der Waals surface area contributed by atoms with Crippen molar-refractivity contribution in [2.75, 3.05) is 17.9 Å². The molecule has 0 N–H and O–H groups in total. The first-order chi connectivity index (χ1) is 4.31. The molecule has 0 radical (unpaired) electrons. The van der Waals surface area contributed by atoms with E-state index in [1.54, 1.807) is 11.8 Å². The van der Waals surface area contributed by atoms with Crippen LogP contribution in [0.1, 0.15) is 13.8 Å². The van der Waals surface area contributed by atoms with Gasteiger partial charge >= 0.3 is 0 Å². The van der Waals surface area contributed by atoms with Crippen LogP contribution in [0.2, 0.25) is 0 Å². The molecule has 0 bridgehead atoms. The Morgan fingerprint density at radius 3 is 2.67 bits per heavy atom. The number of hydrogen-bond donors (Lipinski definition) is 0. The van der Waals surface area contributed by atoms with Crippen molar-refractivity contribution in [2.45, 2.75) is 13.8 Å². The van der Waals surface area contributed by atoms with Gasteiger partial charge in [-0.25, -0.2) is 0 Å². The fourth-order valence-corrected chi connectivity index (χ4v) is 2.53. The fourth-order valence-electron chi connectivity index (χ4n) is 0.388. The summed E-state index contributed by atoms with van der Waals surface area (Å²) in [5.41, 5.74) is 0.676. The summed E-state index contributed by atoms with van der Waals surface area (Å²) in [5, 5.41) is 0. The Labute approximate surface area is 61.2 Å². The van der Waals surface area contributed by atoms with Crippen LogP contribution in [0.15, 0.2) is 0 Å². The highest BCUT2D eigenvalue weighted by Crippen LogP contribution is 2.26. The van der Waals surface area contributed by atoms with Crippen molar-refractivity contribution in [1.82, 2.24) is 0 Å². The molecule has 56 valence electrons. The van der Waals surface area contributed by atoms with Crippen LogP contribution < -0.4 is 0 Å². The lowest BCUT2D eigenvalue weighted by Gasteiger charge is -1.97. The summed E-state index contributed by atoms with van der Waals surface area (Å²) < 4.78 is 15.6. The van der Waals surface area contributed by atoms with E-state index in [2.05, 4.69) is 0 Å². The van der Waals surface area contributed by atoms with Gasteiger partial charge in [-0.1, -0.05) is 6.92 Å². The van der Waals surface area contributed by atoms with Gasteiger partial charge in [-0.3, -0.25) is 4.57 Å². The van der Waals surface area contributed by atoms with E-state index in [4.69, 9.17) is 4.52 Å². The molecule has 2 nitrogen and oxygen atoms in total. The van der Waals surface area contributed by atoms with Gasteiger partial charge in [-0.05, 0) is 12.7 Å². The summed E-state index contributed by atoms with van der Waals surface area (Å²) in [4.78, 5) is 0. The molecule has 0 aromatic rings. The summed E-state index contributed by atoms with van der Waals surface area (Å²) in [6.45, 7) is 4.48. The van der Waals surface area contributed by atoms with Gasteiger partial charge in [0.1, 0.15) is 0 Å². The molecule has 0 aliphatic heterocycles. The Bertz CT molecular complexity index is 87.0. The Morgan fingerprint density at radius 1 is 1.56 bits per heavy atom.